The maximum absolute atomic E-state index is 13.6. The molecule has 10 nitrogen and oxygen atoms in total. The maximum Gasteiger partial charge on any atom is 0.429 e. The van der Waals surface area contributed by atoms with E-state index in [0.29, 0.717) is 13.0 Å². The van der Waals surface area contributed by atoms with Gasteiger partial charge in [0.2, 0.25) is 21.2 Å². The van der Waals surface area contributed by atoms with Gasteiger partial charge >= 0.3 is 7.87 Å². The minimum atomic E-state index is -4.14. The van der Waals surface area contributed by atoms with Crippen LogP contribution in [0, 0.1) is 17.3 Å². The van der Waals surface area contributed by atoms with Gasteiger partial charge in [-0.05, 0) is 41.6 Å². The zero-order valence-corrected chi connectivity index (χ0v) is 22.3. The summed E-state index contributed by atoms with van der Waals surface area (Å²) in [6.45, 7) is 12.1. The van der Waals surface area contributed by atoms with Crippen LogP contribution >= 0.6 is 7.87 Å². The Labute approximate surface area is 201 Å². The van der Waals surface area contributed by atoms with Gasteiger partial charge in [-0.2, -0.15) is 9.79 Å². The highest BCUT2D eigenvalue weighted by Crippen LogP contribution is 2.55. The van der Waals surface area contributed by atoms with E-state index < -0.39 is 35.3 Å². The number of fused-ring (bicyclic) bond motifs is 1. The molecule has 0 spiro atoms. The summed E-state index contributed by atoms with van der Waals surface area (Å²) in [5.41, 5.74) is -0.717. The lowest BCUT2D eigenvalue weighted by atomic mass is 9.81. The number of rotatable bonds is 6. The Hall–Kier alpha value is -2.07. The van der Waals surface area contributed by atoms with Crippen LogP contribution in [0.25, 0.3) is 0 Å². The number of nitrogens with zero attached hydrogens (tertiary/aromatic N) is 2. The zero-order valence-electron chi connectivity index (χ0n) is 20.6. The van der Waals surface area contributed by atoms with E-state index >= 15 is 0 Å². The van der Waals surface area contributed by atoms with E-state index in [1.165, 1.54) is 18.2 Å². The van der Waals surface area contributed by atoms with Gasteiger partial charge < -0.3 is 10.2 Å². The highest BCUT2D eigenvalue weighted by Gasteiger charge is 2.60. The second kappa shape index (κ2) is 8.55. The summed E-state index contributed by atoms with van der Waals surface area (Å²) in [6.07, 6.45) is 1.67. The molecule has 2 unspecified atom stereocenters. The molecule has 12 heteroatoms. The van der Waals surface area contributed by atoms with Crippen LogP contribution < -0.4 is 15.3 Å². The summed E-state index contributed by atoms with van der Waals surface area (Å²) >= 11 is 0. The number of hydrogen-bond donors (Lipinski definition) is 4. The van der Waals surface area contributed by atoms with Crippen molar-refractivity contribution in [3.8, 4) is 0 Å². The van der Waals surface area contributed by atoms with Gasteiger partial charge in [-0.15, -0.1) is 0 Å². The Balaban J connectivity index is 2.00. The van der Waals surface area contributed by atoms with Gasteiger partial charge in [-0.3, -0.25) is 14.3 Å². The molecule has 0 aliphatic carbocycles. The van der Waals surface area contributed by atoms with Crippen molar-refractivity contribution < 1.29 is 27.8 Å². The Bertz CT molecular complexity index is 1160. The third kappa shape index (κ3) is 4.98. The second-order valence-corrected chi connectivity index (χ2v) is 14.3. The molecule has 4 N–H and O–H groups in total. The Morgan fingerprint density at radius 1 is 1.26 bits per heavy atom. The fourth-order valence-electron chi connectivity index (χ4n) is 4.21. The molecule has 0 radical (unpaired) electrons. The summed E-state index contributed by atoms with van der Waals surface area (Å²) < 4.78 is 29.4. The third-order valence-corrected chi connectivity index (χ3v) is 8.57. The minimum Gasteiger partial charge on any atom is -0.336 e. The molecule has 3 rings (SSSR count). The number of ketones is 1. The van der Waals surface area contributed by atoms with Gasteiger partial charge in [-0.25, -0.2) is 8.42 Å². The first-order valence-corrected chi connectivity index (χ1v) is 14.6. The molecule has 2 atom stereocenters. The van der Waals surface area contributed by atoms with Gasteiger partial charge in [-0.1, -0.05) is 34.6 Å². The summed E-state index contributed by atoms with van der Waals surface area (Å²) in [5, 5.41) is 2.93. The van der Waals surface area contributed by atoms with Crippen LogP contribution in [0.4, 0.5) is 11.4 Å². The molecule has 0 aromatic heterocycles. The van der Waals surface area contributed by atoms with Gasteiger partial charge in [0.05, 0.1) is 17.6 Å². The second-order valence-electron chi connectivity index (χ2n) is 10.7. The van der Waals surface area contributed by atoms with Crippen molar-refractivity contribution in [2.24, 2.45) is 22.0 Å². The molecular formula is C22H34N4O6PS+. The fourth-order valence-corrected chi connectivity index (χ4v) is 6.10. The van der Waals surface area contributed by atoms with Crippen molar-refractivity contribution >= 4 is 52.1 Å². The van der Waals surface area contributed by atoms with E-state index in [1.54, 1.807) is 11.8 Å². The van der Waals surface area contributed by atoms with E-state index in [9.17, 15) is 27.8 Å². The molecule has 1 fully saturated rings. The molecule has 1 aromatic rings. The summed E-state index contributed by atoms with van der Waals surface area (Å²) in [6, 6.07) is 4.19. The quantitative estimate of drug-likeness (QED) is 0.336. The highest BCUT2D eigenvalue weighted by atomic mass is 32.2. The summed E-state index contributed by atoms with van der Waals surface area (Å²) in [5.74, 6) is -2.32. The monoisotopic (exact) mass is 513 g/mol. The normalized spacial score (nSPS) is 24.7. The number of carbonyl (C=O) groups is 2. The van der Waals surface area contributed by atoms with Crippen LogP contribution in [0.5, 0.6) is 0 Å². The number of benzene rings is 1. The Kier molecular flexibility index (Phi) is 6.67. The van der Waals surface area contributed by atoms with Crippen molar-refractivity contribution in [1.29, 1.82) is 0 Å². The zero-order chi connectivity index (χ0) is 25.9. The first-order chi connectivity index (χ1) is 15.4. The molecule has 2 aliphatic rings. The number of Topliss-reactive ketones (excluding diaryl/α,β-unsaturated/α-hetero) is 1. The lowest BCUT2D eigenvalue weighted by molar-refractivity contribution is -0.134. The number of hydrogen-bond acceptors (Lipinski definition) is 8. The van der Waals surface area contributed by atoms with Crippen molar-refractivity contribution in [3.05, 3.63) is 18.2 Å². The van der Waals surface area contributed by atoms with E-state index in [2.05, 4.69) is 35.6 Å². The average Bonchev–Trinajstić information content (AvgIpc) is 2.85. The van der Waals surface area contributed by atoms with Crippen molar-refractivity contribution in [1.82, 2.24) is 4.90 Å². The van der Waals surface area contributed by atoms with Crippen molar-refractivity contribution in [3.63, 3.8) is 0 Å². The van der Waals surface area contributed by atoms with Crippen LogP contribution in [0.15, 0.2) is 23.0 Å². The molecule has 0 bridgehead atoms. The predicted octanol–water partition coefficient (Wildman–Crippen LogP) is 2.13. The molecule has 1 amide bonds. The Morgan fingerprint density at radius 2 is 1.88 bits per heavy atom. The van der Waals surface area contributed by atoms with E-state index in [-0.39, 0.29) is 39.6 Å². The van der Waals surface area contributed by atoms with Gasteiger partial charge in [0.1, 0.15) is 5.54 Å². The number of amides is 1. The van der Waals surface area contributed by atoms with Gasteiger partial charge in [0.15, 0.2) is 17.5 Å². The number of sulfonamides is 1. The number of amidine groups is 1. The smallest absolute Gasteiger partial charge is 0.336 e. The molecule has 2 aliphatic heterocycles. The molecule has 1 aromatic carbocycles. The number of anilines is 2. The van der Waals surface area contributed by atoms with E-state index in [1.807, 2.05) is 13.8 Å². The molecule has 0 saturated carbocycles. The topological polar surface area (TPSA) is 148 Å². The van der Waals surface area contributed by atoms with E-state index in [4.69, 9.17) is 0 Å². The molecule has 188 valence electrons. The van der Waals surface area contributed by atoms with Crippen LogP contribution in [0.3, 0.4) is 0 Å². The number of likely N-dealkylation sites (tertiary alicyclic amines) is 1. The predicted molar refractivity (Wildman–Crippen MR) is 134 cm³/mol. The standard InChI is InChI=1S/C22H34N4O6PS/c1-13(2)22(6)18(27)17(20(28)26(22)11-10-21(3,4)5)19-23-15-9-8-14(25-34(7,31)32)12-16(15)33(29,30)24-19/h8-9,12-13,17,25,29-30H,10-11H2,1-7H3,(H,23,24)/q+1. The summed E-state index contributed by atoms with van der Waals surface area (Å²) in [4.78, 5) is 50.4. The average molecular weight is 514 g/mol. The fraction of sp³-hybridized carbons (Fsp3) is 0.591. The molecule has 2 heterocycles. The number of carbonyl (C=O) groups excluding carboxylic acids is 2. The first kappa shape index (κ1) is 26.5. The van der Waals surface area contributed by atoms with Crippen molar-refractivity contribution in [2.45, 2.75) is 53.5 Å². The van der Waals surface area contributed by atoms with E-state index in [0.717, 1.165) is 6.26 Å². The number of nitrogens with one attached hydrogen (secondary N) is 2. The third-order valence-electron chi connectivity index (χ3n) is 6.45. The summed E-state index contributed by atoms with van der Waals surface area (Å²) in [7, 11) is -7.72. The van der Waals surface area contributed by atoms with Crippen LogP contribution in [0.1, 0.15) is 48.0 Å². The first-order valence-electron chi connectivity index (χ1n) is 11.1. The highest BCUT2D eigenvalue weighted by molar-refractivity contribution is 7.92. The van der Waals surface area contributed by atoms with Crippen LogP contribution in [0.2, 0.25) is 0 Å². The van der Waals surface area contributed by atoms with Crippen LogP contribution in [-0.4, -0.2) is 59.0 Å². The maximum atomic E-state index is 13.6. The van der Waals surface area contributed by atoms with Crippen LogP contribution in [-0.2, 0) is 19.6 Å². The van der Waals surface area contributed by atoms with Crippen molar-refractivity contribution in [2.75, 3.05) is 22.8 Å². The molecule has 34 heavy (non-hydrogen) atoms. The SMILES string of the molecule is CC(C)C1(C)C(=O)C(C2=N[P+](O)(O)c3cc(NS(C)(=O)=O)ccc3N2)C(=O)N1CCC(C)(C)C. The van der Waals surface area contributed by atoms with Gasteiger partial charge in [0, 0.05) is 12.6 Å². The lowest BCUT2D eigenvalue weighted by Gasteiger charge is -2.38. The molecule has 1 saturated heterocycles. The van der Waals surface area contributed by atoms with Gasteiger partial charge in [0.25, 0.3) is 0 Å². The lowest BCUT2D eigenvalue weighted by Crippen LogP contribution is -2.52. The minimum absolute atomic E-state index is 0.000921. The largest absolute Gasteiger partial charge is 0.429 e. The molecular weight excluding hydrogens is 479 g/mol. The Morgan fingerprint density at radius 3 is 2.41 bits per heavy atom.